The van der Waals surface area contributed by atoms with Crippen molar-refractivity contribution < 1.29 is 9.53 Å². The Morgan fingerprint density at radius 1 is 1.00 bits per heavy atom. The van der Waals surface area contributed by atoms with E-state index in [0.29, 0.717) is 12.4 Å². The maximum Gasteiger partial charge on any atom is 0.316 e. The molecule has 0 aliphatic heterocycles. The van der Waals surface area contributed by atoms with Crippen LogP contribution in [0.5, 0.6) is 6.01 Å². The lowest BCUT2D eigenvalue weighted by Crippen LogP contribution is -2.08. The molecule has 34 heavy (non-hydrogen) atoms. The van der Waals surface area contributed by atoms with E-state index in [4.69, 9.17) is 4.74 Å². The highest BCUT2D eigenvalue weighted by atomic mass is 16.5. The van der Waals surface area contributed by atoms with Gasteiger partial charge in [-0.15, -0.1) is 0 Å². The molecule has 0 spiro atoms. The smallest absolute Gasteiger partial charge is 0.316 e. The summed E-state index contributed by atoms with van der Waals surface area (Å²) in [5.41, 5.74) is 6.48. The van der Waals surface area contributed by atoms with E-state index in [1.54, 1.807) is 19.5 Å². The van der Waals surface area contributed by atoms with Crippen LogP contribution in [0.25, 0.3) is 32.9 Å². The van der Waals surface area contributed by atoms with Gasteiger partial charge in [-0.25, -0.2) is 9.97 Å². The number of hydrogen-bond acceptors (Lipinski definition) is 4. The van der Waals surface area contributed by atoms with Crippen LogP contribution < -0.4 is 4.74 Å². The van der Waals surface area contributed by atoms with E-state index >= 15 is 0 Å². The van der Waals surface area contributed by atoms with Gasteiger partial charge in [0.1, 0.15) is 0 Å². The average molecular weight is 453 g/mol. The number of benzene rings is 2. The minimum Gasteiger partial charge on any atom is -0.467 e. The van der Waals surface area contributed by atoms with Gasteiger partial charge >= 0.3 is 6.01 Å². The molecule has 0 aliphatic carbocycles. The summed E-state index contributed by atoms with van der Waals surface area (Å²) >= 11 is 0. The molecular weight excluding hydrogens is 424 g/mol. The molecule has 3 heterocycles. The molecule has 0 amide bonds. The zero-order valence-electron chi connectivity index (χ0n) is 19.5. The highest BCUT2D eigenvalue weighted by Gasteiger charge is 2.13. The van der Waals surface area contributed by atoms with Crippen molar-refractivity contribution in [1.82, 2.24) is 19.5 Å². The fraction of sp³-hybridized carbons (Fsp3) is 0.250. The number of H-pyrrole nitrogens is 1. The Balaban J connectivity index is 1.46. The number of nitrogens with one attached hydrogen (secondary N) is 1. The summed E-state index contributed by atoms with van der Waals surface area (Å²) in [6.07, 6.45) is 12.0. The van der Waals surface area contributed by atoms with Gasteiger partial charge < -0.3 is 9.72 Å². The molecule has 0 aliphatic rings. The molecular formula is C28H28N4O2. The molecule has 0 bridgehead atoms. The number of carbonyl (C=O) groups is 1. The van der Waals surface area contributed by atoms with E-state index in [1.165, 1.54) is 16.5 Å². The molecule has 3 aromatic heterocycles. The van der Waals surface area contributed by atoms with Gasteiger partial charge in [-0.1, -0.05) is 38.0 Å². The lowest BCUT2D eigenvalue weighted by molar-refractivity contribution is 0.0904. The van der Waals surface area contributed by atoms with Crippen molar-refractivity contribution in [1.29, 1.82) is 0 Å². The second kappa shape index (κ2) is 9.51. The quantitative estimate of drug-likeness (QED) is 0.277. The SMILES string of the molecule is CCCCCC(=O)n1ccc2c(Cc3c[nH]c4ccc(-c5cnc(OC)nc5)cc34)cccc21. The fourth-order valence-corrected chi connectivity index (χ4v) is 4.53. The van der Waals surface area contributed by atoms with Crippen molar-refractivity contribution in [2.45, 2.75) is 39.0 Å². The summed E-state index contributed by atoms with van der Waals surface area (Å²) in [6.45, 7) is 2.15. The molecule has 1 N–H and O–H groups in total. The Bertz CT molecular complexity index is 1450. The molecule has 0 saturated heterocycles. The summed E-state index contributed by atoms with van der Waals surface area (Å²) in [6, 6.07) is 15.0. The predicted octanol–water partition coefficient (Wildman–Crippen LogP) is 6.40. The van der Waals surface area contributed by atoms with E-state index in [9.17, 15) is 4.79 Å². The maximum absolute atomic E-state index is 12.8. The lowest BCUT2D eigenvalue weighted by atomic mass is 9.99. The summed E-state index contributed by atoms with van der Waals surface area (Å²) in [5.74, 6) is 0.166. The molecule has 2 aromatic carbocycles. The van der Waals surface area contributed by atoms with Crippen LogP contribution in [0.3, 0.4) is 0 Å². The van der Waals surface area contributed by atoms with Gasteiger partial charge in [-0.3, -0.25) is 9.36 Å². The summed E-state index contributed by atoms with van der Waals surface area (Å²) in [5, 5.41) is 2.29. The molecule has 0 unspecified atom stereocenters. The molecule has 5 aromatic rings. The number of methoxy groups -OCH3 is 1. The number of unbranched alkanes of at least 4 members (excludes halogenated alkanes) is 2. The topological polar surface area (TPSA) is 72.8 Å². The Labute approximate surface area is 198 Å². The van der Waals surface area contributed by atoms with Gasteiger partial charge in [0.2, 0.25) is 5.91 Å². The highest BCUT2D eigenvalue weighted by Crippen LogP contribution is 2.29. The van der Waals surface area contributed by atoms with Crippen LogP contribution in [-0.2, 0) is 6.42 Å². The van der Waals surface area contributed by atoms with Gasteiger partial charge in [0.05, 0.1) is 12.6 Å². The first kappa shape index (κ1) is 21.9. The van der Waals surface area contributed by atoms with Gasteiger partial charge in [-0.2, -0.15) is 0 Å². The fourth-order valence-electron chi connectivity index (χ4n) is 4.53. The van der Waals surface area contributed by atoms with Crippen LogP contribution in [0.15, 0.2) is 67.3 Å². The van der Waals surface area contributed by atoms with Crippen LogP contribution in [0.2, 0.25) is 0 Å². The minimum absolute atomic E-state index is 0.166. The summed E-state index contributed by atoms with van der Waals surface area (Å²) in [7, 11) is 1.56. The number of fused-ring (bicyclic) bond motifs is 2. The number of nitrogens with zero attached hydrogens (tertiary/aromatic N) is 3. The number of aromatic amines is 1. The Hall–Kier alpha value is -3.93. The number of carbonyl (C=O) groups excluding carboxylic acids is 1. The molecule has 6 nitrogen and oxygen atoms in total. The van der Waals surface area contributed by atoms with E-state index in [-0.39, 0.29) is 5.91 Å². The van der Waals surface area contributed by atoms with Gasteiger partial charge in [-0.05, 0) is 47.4 Å². The lowest BCUT2D eigenvalue weighted by Gasteiger charge is -2.07. The zero-order chi connectivity index (χ0) is 23.5. The van der Waals surface area contributed by atoms with E-state index in [1.807, 2.05) is 22.9 Å². The molecule has 0 radical (unpaired) electrons. The Morgan fingerprint density at radius 3 is 2.65 bits per heavy atom. The molecule has 6 heteroatoms. The summed E-state index contributed by atoms with van der Waals surface area (Å²) < 4.78 is 6.89. The monoisotopic (exact) mass is 452 g/mol. The normalized spacial score (nSPS) is 11.4. The van der Waals surface area contributed by atoms with Crippen LogP contribution in [-0.4, -0.2) is 32.5 Å². The largest absolute Gasteiger partial charge is 0.467 e. The third-order valence-electron chi connectivity index (χ3n) is 6.38. The number of rotatable bonds is 8. The average Bonchev–Trinajstić information content (AvgIpc) is 3.49. The number of aromatic nitrogens is 4. The molecule has 0 atom stereocenters. The zero-order valence-corrected chi connectivity index (χ0v) is 19.5. The third kappa shape index (κ3) is 4.19. The first-order valence-electron chi connectivity index (χ1n) is 11.8. The first-order chi connectivity index (χ1) is 16.7. The second-order valence-corrected chi connectivity index (χ2v) is 8.60. The van der Waals surface area contributed by atoms with E-state index < -0.39 is 0 Å². The van der Waals surface area contributed by atoms with Crippen LogP contribution in [0.1, 0.15) is 48.5 Å². The standard InChI is InChI=1S/C28H28N4O2/c1-3-4-5-9-27(33)32-13-12-23-20(7-6-8-26(23)32)14-21-16-29-25-11-10-19(15-24(21)25)22-17-30-28(34-2)31-18-22/h6-8,10-13,15-18,29H,3-5,9,14H2,1-2H3. The molecule has 5 rings (SSSR count). The van der Waals surface area contributed by atoms with Crippen molar-refractivity contribution in [3.8, 4) is 17.1 Å². The van der Waals surface area contributed by atoms with Gasteiger partial charge in [0.15, 0.2) is 0 Å². The van der Waals surface area contributed by atoms with Gasteiger partial charge in [0, 0.05) is 59.5 Å². The van der Waals surface area contributed by atoms with E-state index in [2.05, 4.69) is 58.4 Å². The first-order valence-corrected chi connectivity index (χ1v) is 11.8. The van der Waals surface area contributed by atoms with Crippen molar-refractivity contribution in [2.75, 3.05) is 7.11 Å². The van der Waals surface area contributed by atoms with Crippen molar-refractivity contribution in [2.24, 2.45) is 0 Å². The van der Waals surface area contributed by atoms with Crippen molar-refractivity contribution >= 4 is 27.7 Å². The van der Waals surface area contributed by atoms with E-state index in [0.717, 1.165) is 53.2 Å². The molecule has 0 saturated carbocycles. The third-order valence-corrected chi connectivity index (χ3v) is 6.38. The molecule has 172 valence electrons. The van der Waals surface area contributed by atoms with Crippen molar-refractivity contribution in [3.63, 3.8) is 0 Å². The molecule has 0 fully saturated rings. The predicted molar refractivity (Wildman–Crippen MR) is 135 cm³/mol. The Kier molecular flexibility index (Phi) is 6.12. The number of hydrogen-bond donors (Lipinski definition) is 1. The van der Waals surface area contributed by atoms with Crippen LogP contribution in [0.4, 0.5) is 0 Å². The van der Waals surface area contributed by atoms with Crippen LogP contribution in [0, 0.1) is 0 Å². The Morgan fingerprint density at radius 2 is 1.85 bits per heavy atom. The van der Waals surface area contributed by atoms with Crippen LogP contribution >= 0.6 is 0 Å². The number of ether oxygens (including phenoxy) is 1. The second-order valence-electron chi connectivity index (χ2n) is 8.60. The maximum atomic E-state index is 12.8. The van der Waals surface area contributed by atoms with Gasteiger partial charge in [0.25, 0.3) is 0 Å². The highest BCUT2D eigenvalue weighted by molar-refractivity contribution is 5.95. The minimum atomic E-state index is 0.166. The summed E-state index contributed by atoms with van der Waals surface area (Å²) in [4.78, 5) is 24.6. The van der Waals surface area contributed by atoms with Crippen molar-refractivity contribution in [3.05, 3.63) is 78.4 Å².